The highest BCUT2D eigenvalue weighted by Crippen LogP contribution is 2.31. The second-order valence-corrected chi connectivity index (χ2v) is 7.19. The van der Waals surface area contributed by atoms with Gasteiger partial charge in [-0.2, -0.15) is 5.10 Å². The van der Waals surface area contributed by atoms with E-state index in [9.17, 15) is 4.79 Å². The molecule has 2 heterocycles. The summed E-state index contributed by atoms with van der Waals surface area (Å²) >= 11 is 0. The SMILES string of the molecule is Cc1nn(-c2ccccc2)c(C)c1CCC(=O)N[C@@H]1CCOc2ccccc21. The largest absolute Gasteiger partial charge is 0.493 e. The average Bonchev–Trinajstić information content (AvgIpc) is 3.01. The molecule has 0 bridgehead atoms. The number of carbonyl (C=O) groups is 1. The van der Waals surface area contributed by atoms with Gasteiger partial charge in [0.15, 0.2) is 0 Å². The summed E-state index contributed by atoms with van der Waals surface area (Å²) < 4.78 is 7.63. The van der Waals surface area contributed by atoms with Gasteiger partial charge in [-0.15, -0.1) is 0 Å². The van der Waals surface area contributed by atoms with Crippen molar-refractivity contribution in [2.45, 2.75) is 39.2 Å². The van der Waals surface area contributed by atoms with Crippen molar-refractivity contribution >= 4 is 5.91 Å². The molecule has 0 saturated heterocycles. The normalized spacial score (nSPS) is 15.6. The number of rotatable bonds is 5. The zero-order valence-corrected chi connectivity index (χ0v) is 16.3. The van der Waals surface area contributed by atoms with Gasteiger partial charge in [-0.05, 0) is 44.0 Å². The third kappa shape index (κ3) is 3.65. The number of hydrogen-bond donors (Lipinski definition) is 1. The van der Waals surface area contributed by atoms with Crippen LogP contribution in [0.15, 0.2) is 54.6 Å². The van der Waals surface area contributed by atoms with Gasteiger partial charge in [0.25, 0.3) is 0 Å². The minimum absolute atomic E-state index is 0.0201. The Morgan fingerprint density at radius 2 is 1.89 bits per heavy atom. The van der Waals surface area contributed by atoms with E-state index in [1.807, 2.05) is 66.2 Å². The lowest BCUT2D eigenvalue weighted by atomic mass is 10.00. The molecule has 144 valence electrons. The van der Waals surface area contributed by atoms with Crippen LogP contribution in [0.2, 0.25) is 0 Å². The Balaban J connectivity index is 1.43. The van der Waals surface area contributed by atoms with Crippen LogP contribution in [-0.4, -0.2) is 22.3 Å². The average molecular weight is 375 g/mol. The minimum Gasteiger partial charge on any atom is -0.493 e. The molecule has 2 aromatic carbocycles. The number of para-hydroxylation sites is 2. The highest BCUT2D eigenvalue weighted by molar-refractivity contribution is 5.77. The quantitative estimate of drug-likeness (QED) is 0.732. The Morgan fingerprint density at radius 1 is 1.14 bits per heavy atom. The van der Waals surface area contributed by atoms with E-state index in [4.69, 9.17) is 4.74 Å². The van der Waals surface area contributed by atoms with Gasteiger partial charge in [-0.25, -0.2) is 4.68 Å². The van der Waals surface area contributed by atoms with E-state index < -0.39 is 0 Å². The molecular weight excluding hydrogens is 350 g/mol. The summed E-state index contributed by atoms with van der Waals surface area (Å²) in [6, 6.07) is 18.0. The number of amides is 1. The maximum atomic E-state index is 12.6. The van der Waals surface area contributed by atoms with Crippen molar-refractivity contribution in [2.24, 2.45) is 0 Å². The van der Waals surface area contributed by atoms with Crippen molar-refractivity contribution in [1.29, 1.82) is 0 Å². The van der Waals surface area contributed by atoms with Crippen molar-refractivity contribution in [3.63, 3.8) is 0 Å². The molecule has 1 amide bonds. The molecule has 28 heavy (non-hydrogen) atoms. The first-order chi connectivity index (χ1) is 13.6. The van der Waals surface area contributed by atoms with Crippen molar-refractivity contribution in [1.82, 2.24) is 15.1 Å². The second kappa shape index (κ2) is 7.89. The smallest absolute Gasteiger partial charge is 0.220 e. The fourth-order valence-corrected chi connectivity index (χ4v) is 3.85. The molecule has 0 saturated carbocycles. The van der Waals surface area contributed by atoms with E-state index in [0.29, 0.717) is 19.4 Å². The molecule has 1 N–H and O–H groups in total. The highest BCUT2D eigenvalue weighted by Gasteiger charge is 2.23. The summed E-state index contributed by atoms with van der Waals surface area (Å²) in [6.07, 6.45) is 1.93. The molecular formula is C23H25N3O2. The zero-order valence-electron chi connectivity index (χ0n) is 16.3. The second-order valence-electron chi connectivity index (χ2n) is 7.19. The van der Waals surface area contributed by atoms with E-state index in [1.165, 1.54) is 0 Å². The number of nitrogens with one attached hydrogen (secondary N) is 1. The Hall–Kier alpha value is -3.08. The molecule has 0 unspecified atom stereocenters. The first-order valence-electron chi connectivity index (χ1n) is 9.75. The van der Waals surface area contributed by atoms with Crippen LogP contribution in [-0.2, 0) is 11.2 Å². The third-order valence-corrected chi connectivity index (χ3v) is 5.34. The summed E-state index contributed by atoms with van der Waals surface area (Å²) in [5, 5.41) is 7.85. The van der Waals surface area contributed by atoms with Crippen LogP contribution in [0, 0.1) is 13.8 Å². The molecule has 1 atom stereocenters. The molecule has 5 nitrogen and oxygen atoms in total. The van der Waals surface area contributed by atoms with Crippen LogP contribution in [0.3, 0.4) is 0 Å². The third-order valence-electron chi connectivity index (χ3n) is 5.34. The van der Waals surface area contributed by atoms with E-state index in [2.05, 4.69) is 17.3 Å². The first-order valence-corrected chi connectivity index (χ1v) is 9.75. The Morgan fingerprint density at radius 3 is 2.71 bits per heavy atom. The van der Waals surface area contributed by atoms with Crippen LogP contribution in [0.5, 0.6) is 5.75 Å². The number of benzene rings is 2. The maximum Gasteiger partial charge on any atom is 0.220 e. The van der Waals surface area contributed by atoms with Crippen LogP contribution >= 0.6 is 0 Å². The van der Waals surface area contributed by atoms with Crippen molar-refractivity contribution in [2.75, 3.05) is 6.61 Å². The van der Waals surface area contributed by atoms with Gasteiger partial charge in [-0.1, -0.05) is 36.4 Å². The Bertz CT molecular complexity index is 979. The minimum atomic E-state index is 0.0201. The van der Waals surface area contributed by atoms with Crippen molar-refractivity contribution in [3.8, 4) is 11.4 Å². The first kappa shape index (κ1) is 18.3. The number of hydrogen-bond acceptors (Lipinski definition) is 3. The van der Waals surface area contributed by atoms with Crippen LogP contribution in [0.4, 0.5) is 0 Å². The van der Waals surface area contributed by atoms with E-state index in [1.54, 1.807) is 0 Å². The monoisotopic (exact) mass is 375 g/mol. The Labute approximate surface area is 165 Å². The number of aryl methyl sites for hydroxylation is 1. The maximum absolute atomic E-state index is 12.6. The summed E-state index contributed by atoms with van der Waals surface area (Å²) in [4.78, 5) is 12.6. The van der Waals surface area contributed by atoms with E-state index >= 15 is 0 Å². The fourth-order valence-electron chi connectivity index (χ4n) is 3.85. The molecule has 1 aliphatic heterocycles. The van der Waals surface area contributed by atoms with E-state index in [-0.39, 0.29) is 11.9 Å². The number of aromatic nitrogens is 2. The summed E-state index contributed by atoms with van der Waals surface area (Å²) in [5.41, 5.74) is 5.31. The van der Waals surface area contributed by atoms with Crippen molar-refractivity contribution < 1.29 is 9.53 Å². The topological polar surface area (TPSA) is 56.2 Å². The summed E-state index contributed by atoms with van der Waals surface area (Å²) in [5.74, 6) is 0.933. The van der Waals surface area contributed by atoms with Gasteiger partial charge in [0.2, 0.25) is 5.91 Å². The molecule has 0 aliphatic carbocycles. The van der Waals surface area contributed by atoms with Crippen LogP contribution in [0.1, 0.15) is 41.4 Å². The van der Waals surface area contributed by atoms with Gasteiger partial charge in [-0.3, -0.25) is 4.79 Å². The fraction of sp³-hybridized carbons (Fsp3) is 0.304. The van der Waals surface area contributed by atoms with Gasteiger partial charge >= 0.3 is 0 Å². The van der Waals surface area contributed by atoms with Gasteiger partial charge in [0, 0.05) is 24.1 Å². The predicted molar refractivity (Wildman–Crippen MR) is 109 cm³/mol. The lowest BCUT2D eigenvalue weighted by Gasteiger charge is -2.26. The Kier molecular flexibility index (Phi) is 5.15. The molecule has 0 spiro atoms. The molecule has 4 rings (SSSR count). The van der Waals surface area contributed by atoms with Crippen LogP contribution < -0.4 is 10.1 Å². The lowest BCUT2D eigenvalue weighted by Crippen LogP contribution is -2.32. The summed E-state index contributed by atoms with van der Waals surface area (Å²) in [7, 11) is 0. The van der Waals surface area contributed by atoms with Gasteiger partial charge in [0.1, 0.15) is 5.75 Å². The molecule has 0 fully saturated rings. The molecule has 5 heteroatoms. The predicted octanol–water partition coefficient (Wildman–Crippen LogP) is 4.06. The molecule has 1 aromatic heterocycles. The van der Waals surface area contributed by atoms with Crippen LogP contribution in [0.25, 0.3) is 5.69 Å². The standard InChI is InChI=1S/C23H25N3O2/c1-16-19(17(2)26(25-16)18-8-4-3-5-9-18)12-13-23(27)24-21-14-15-28-22-11-7-6-10-20(21)22/h3-11,21H,12-15H2,1-2H3,(H,24,27)/t21-/m1/s1. The number of carbonyl (C=O) groups excluding carboxylic acids is 1. The zero-order chi connectivity index (χ0) is 19.5. The molecule has 1 aliphatic rings. The number of nitrogens with zero attached hydrogens (tertiary/aromatic N) is 2. The molecule has 0 radical (unpaired) electrons. The lowest BCUT2D eigenvalue weighted by molar-refractivity contribution is -0.122. The summed E-state index contributed by atoms with van der Waals surface area (Å²) in [6.45, 7) is 4.70. The van der Waals surface area contributed by atoms with Crippen molar-refractivity contribution in [3.05, 3.63) is 77.1 Å². The number of ether oxygens (including phenoxy) is 1. The molecule has 3 aromatic rings. The van der Waals surface area contributed by atoms with E-state index in [0.717, 1.165) is 40.4 Å². The van der Waals surface area contributed by atoms with Gasteiger partial charge in [0.05, 0.1) is 24.0 Å². The highest BCUT2D eigenvalue weighted by atomic mass is 16.5. The van der Waals surface area contributed by atoms with Gasteiger partial charge < -0.3 is 10.1 Å². The number of fused-ring (bicyclic) bond motifs is 1.